The zero-order chi connectivity index (χ0) is 21.5. The van der Waals surface area contributed by atoms with Gasteiger partial charge < -0.3 is 24.4 Å². The van der Waals surface area contributed by atoms with E-state index in [9.17, 15) is 19.8 Å². The lowest BCUT2D eigenvalue weighted by molar-refractivity contribution is -0.206. The summed E-state index contributed by atoms with van der Waals surface area (Å²) in [6.45, 7) is 1.65. The number of thioether (sulfide) groups is 1. The second-order valence-electron chi connectivity index (χ2n) is 6.68. The summed E-state index contributed by atoms with van der Waals surface area (Å²) < 4.78 is 16.6. The number of aliphatic hydroxyl groups is 2. The quantitative estimate of drug-likeness (QED) is 0.643. The third-order valence-electron chi connectivity index (χ3n) is 4.62. The van der Waals surface area contributed by atoms with Gasteiger partial charge in [0.05, 0.1) is 11.1 Å². The van der Waals surface area contributed by atoms with Crippen molar-refractivity contribution in [3.63, 3.8) is 0 Å². The van der Waals surface area contributed by atoms with Crippen LogP contribution in [-0.4, -0.2) is 64.4 Å². The molecular weight excluding hydrogens is 408 g/mol. The van der Waals surface area contributed by atoms with Crippen LogP contribution in [-0.2, 0) is 14.2 Å². The van der Waals surface area contributed by atoms with Crippen molar-refractivity contribution in [2.45, 2.75) is 36.8 Å². The monoisotopic (exact) mass is 432 g/mol. The van der Waals surface area contributed by atoms with Crippen LogP contribution in [0.15, 0.2) is 60.7 Å². The average Bonchev–Trinajstić information content (AvgIpc) is 2.78. The normalized spacial score (nSPS) is 26.0. The number of hydrogen-bond acceptors (Lipinski definition) is 8. The number of ether oxygens (including phenoxy) is 3. The summed E-state index contributed by atoms with van der Waals surface area (Å²) >= 11 is 1.33. The number of carbonyl (C=O) groups is 2. The van der Waals surface area contributed by atoms with Crippen LogP contribution in [0.1, 0.15) is 27.6 Å². The van der Waals surface area contributed by atoms with E-state index in [0.717, 1.165) is 0 Å². The van der Waals surface area contributed by atoms with Gasteiger partial charge >= 0.3 is 11.9 Å². The number of carbonyl (C=O) groups excluding carboxylic acids is 2. The predicted molar refractivity (Wildman–Crippen MR) is 111 cm³/mol. The van der Waals surface area contributed by atoms with Crippen molar-refractivity contribution in [3.05, 3.63) is 71.8 Å². The van der Waals surface area contributed by atoms with E-state index in [1.165, 1.54) is 11.8 Å². The molecule has 2 aromatic carbocycles. The maximum absolute atomic E-state index is 12.4. The van der Waals surface area contributed by atoms with Gasteiger partial charge in [0.2, 0.25) is 0 Å². The summed E-state index contributed by atoms with van der Waals surface area (Å²) in [6.07, 6.45) is -4.81. The van der Waals surface area contributed by atoms with E-state index in [4.69, 9.17) is 14.2 Å². The topological polar surface area (TPSA) is 102 Å². The predicted octanol–water partition coefficient (Wildman–Crippen LogP) is 2.27. The first-order valence-electron chi connectivity index (χ1n) is 9.62. The molecule has 2 N–H and O–H groups in total. The molecule has 0 aliphatic carbocycles. The molecular formula is C22H24O7S. The molecule has 5 unspecified atom stereocenters. The first-order valence-corrected chi connectivity index (χ1v) is 10.7. The standard InChI is InChI=1S/C22H24O7S/c1-2-30-22-19(29-21(26)15-11-7-4-8-12-15)18(24)17(23)16(28-22)13-27-20(25)14-9-5-3-6-10-14/h3-12,16-19,22-24H,2,13H2,1H3. The zero-order valence-corrected chi connectivity index (χ0v) is 17.2. The molecule has 0 radical (unpaired) electrons. The first kappa shape index (κ1) is 22.3. The summed E-state index contributed by atoms with van der Waals surface area (Å²) in [5, 5.41) is 21.1. The second-order valence-corrected chi connectivity index (χ2v) is 8.06. The van der Waals surface area contributed by atoms with Crippen LogP contribution in [0.3, 0.4) is 0 Å². The third kappa shape index (κ3) is 5.40. The number of hydrogen-bond donors (Lipinski definition) is 2. The van der Waals surface area contributed by atoms with Crippen LogP contribution in [0.25, 0.3) is 0 Å². The minimum Gasteiger partial charge on any atom is -0.459 e. The van der Waals surface area contributed by atoms with Crippen LogP contribution in [0.4, 0.5) is 0 Å². The van der Waals surface area contributed by atoms with Crippen LogP contribution in [0.5, 0.6) is 0 Å². The highest BCUT2D eigenvalue weighted by Crippen LogP contribution is 2.31. The molecule has 3 rings (SSSR count). The Morgan fingerprint density at radius 1 is 0.933 bits per heavy atom. The van der Waals surface area contributed by atoms with Crippen molar-refractivity contribution in [1.29, 1.82) is 0 Å². The lowest BCUT2D eigenvalue weighted by Gasteiger charge is -2.41. The van der Waals surface area contributed by atoms with Gasteiger partial charge in [-0.1, -0.05) is 43.3 Å². The van der Waals surface area contributed by atoms with Crippen LogP contribution >= 0.6 is 11.8 Å². The number of aliphatic hydroxyl groups excluding tert-OH is 2. The molecule has 2 aromatic rings. The van der Waals surface area contributed by atoms with Gasteiger partial charge in [-0.15, -0.1) is 11.8 Å². The zero-order valence-electron chi connectivity index (χ0n) is 16.4. The fraction of sp³-hybridized carbons (Fsp3) is 0.364. The Morgan fingerprint density at radius 2 is 1.50 bits per heavy atom. The van der Waals surface area contributed by atoms with E-state index >= 15 is 0 Å². The Hall–Kier alpha value is -2.39. The Kier molecular flexibility index (Phi) is 7.87. The molecule has 1 fully saturated rings. The van der Waals surface area contributed by atoms with Crippen molar-refractivity contribution in [1.82, 2.24) is 0 Å². The lowest BCUT2D eigenvalue weighted by atomic mass is 10.00. The van der Waals surface area contributed by atoms with Crippen molar-refractivity contribution in [2.75, 3.05) is 12.4 Å². The van der Waals surface area contributed by atoms with Crippen LogP contribution in [0, 0.1) is 0 Å². The maximum atomic E-state index is 12.4. The van der Waals surface area contributed by atoms with Gasteiger partial charge in [0.25, 0.3) is 0 Å². The molecule has 0 amide bonds. The van der Waals surface area contributed by atoms with E-state index < -0.39 is 41.8 Å². The SMILES string of the molecule is CCSC1OC(COC(=O)c2ccccc2)C(O)C(O)C1OC(=O)c1ccccc1. The Bertz CT molecular complexity index is 828. The summed E-state index contributed by atoms with van der Waals surface area (Å²) in [5.74, 6) is -0.548. The van der Waals surface area contributed by atoms with Gasteiger partial charge in [-0.3, -0.25) is 0 Å². The Morgan fingerprint density at radius 3 is 2.07 bits per heavy atom. The minimum atomic E-state index is -1.39. The first-order chi connectivity index (χ1) is 14.5. The minimum absolute atomic E-state index is 0.244. The fourth-order valence-corrected chi connectivity index (χ4v) is 4.00. The summed E-state index contributed by atoms with van der Waals surface area (Å²) in [5.41, 5.74) is -0.0164. The van der Waals surface area contributed by atoms with Gasteiger partial charge in [0.1, 0.15) is 30.4 Å². The summed E-state index contributed by atoms with van der Waals surface area (Å²) in [4.78, 5) is 24.6. The third-order valence-corrected chi connectivity index (χ3v) is 5.66. The van der Waals surface area contributed by atoms with Crippen molar-refractivity contribution >= 4 is 23.7 Å². The van der Waals surface area contributed by atoms with Gasteiger partial charge in [-0.25, -0.2) is 9.59 Å². The van der Waals surface area contributed by atoms with Gasteiger partial charge in [0.15, 0.2) is 6.10 Å². The van der Waals surface area contributed by atoms with Crippen LogP contribution < -0.4 is 0 Å². The lowest BCUT2D eigenvalue weighted by Crippen LogP contribution is -2.59. The molecule has 0 aromatic heterocycles. The summed E-state index contributed by atoms with van der Waals surface area (Å²) in [7, 11) is 0. The molecule has 5 atom stereocenters. The molecule has 1 heterocycles. The second kappa shape index (κ2) is 10.6. The highest BCUT2D eigenvalue weighted by Gasteiger charge is 2.47. The van der Waals surface area contributed by atoms with E-state index in [1.54, 1.807) is 60.7 Å². The van der Waals surface area contributed by atoms with Gasteiger partial charge in [0, 0.05) is 0 Å². The van der Waals surface area contributed by atoms with E-state index in [2.05, 4.69) is 0 Å². The molecule has 0 saturated carbocycles. The smallest absolute Gasteiger partial charge is 0.338 e. The van der Waals surface area contributed by atoms with Crippen molar-refractivity contribution in [3.8, 4) is 0 Å². The van der Waals surface area contributed by atoms with Crippen molar-refractivity contribution in [2.24, 2.45) is 0 Å². The highest BCUT2D eigenvalue weighted by atomic mass is 32.2. The van der Waals surface area contributed by atoms with E-state index in [0.29, 0.717) is 16.9 Å². The summed E-state index contributed by atoms with van der Waals surface area (Å²) in [6, 6.07) is 16.8. The van der Waals surface area contributed by atoms with E-state index in [-0.39, 0.29) is 6.61 Å². The fourth-order valence-electron chi connectivity index (χ4n) is 3.05. The molecule has 1 aliphatic rings. The molecule has 160 valence electrons. The maximum Gasteiger partial charge on any atom is 0.338 e. The molecule has 0 spiro atoms. The molecule has 1 aliphatic heterocycles. The average molecular weight is 432 g/mol. The van der Waals surface area contributed by atoms with Gasteiger partial charge in [-0.05, 0) is 30.0 Å². The number of esters is 2. The molecule has 7 nitrogen and oxygen atoms in total. The number of benzene rings is 2. The molecule has 30 heavy (non-hydrogen) atoms. The van der Waals surface area contributed by atoms with E-state index in [1.807, 2.05) is 6.92 Å². The van der Waals surface area contributed by atoms with Gasteiger partial charge in [-0.2, -0.15) is 0 Å². The Labute approximate surface area is 179 Å². The largest absolute Gasteiger partial charge is 0.459 e. The molecule has 1 saturated heterocycles. The molecule has 0 bridgehead atoms. The van der Waals surface area contributed by atoms with Crippen molar-refractivity contribution < 1.29 is 34.0 Å². The Balaban J connectivity index is 1.65. The highest BCUT2D eigenvalue weighted by molar-refractivity contribution is 7.99. The molecule has 8 heteroatoms. The number of rotatable bonds is 7. The van der Waals surface area contributed by atoms with Crippen LogP contribution in [0.2, 0.25) is 0 Å².